The van der Waals surface area contributed by atoms with Gasteiger partial charge in [-0.2, -0.15) is 18.2 Å². The van der Waals surface area contributed by atoms with E-state index < -0.39 is 12.7 Å². The van der Waals surface area contributed by atoms with E-state index in [0.29, 0.717) is 18.9 Å². The Bertz CT molecular complexity index is 418. The van der Waals surface area contributed by atoms with Crippen molar-refractivity contribution in [1.29, 1.82) is 0 Å². The van der Waals surface area contributed by atoms with Gasteiger partial charge in [0.15, 0.2) is 0 Å². The zero-order valence-corrected chi connectivity index (χ0v) is 9.50. The lowest BCUT2D eigenvalue weighted by molar-refractivity contribution is -0.115. The molecule has 0 radical (unpaired) electrons. The second-order valence-corrected chi connectivity index (χ2v) is 4.07. The Balaban J connectivity index is 2.10. The Morgan fingerprint density at radius 3 is 2.83 bits per heavy atom. The van der Waals surface area contributed by atoms with E-state index in [-0.39, 0.29) is 17.7 Å². The maximum Gasteiger partial charge on any atom is 0.405 e. The van der Waals surface area contributed by atoms with Gasteiger partial charge in [-0.15, -0.1) is 0 Å². The maximum atomic E-state index is 12.1. The van der Waals surface area contributed by atoms with E-state index in [0.717, 1.165) is 6.42 Å². The van der Waals surface area contributed by atoms with Crippen LogP contribution in [-0.4, -0.2) is 35.9 Å². The summed E-state index contributed by atoms with van der Waals surface area (Å²) >= 11 is 0. The lowest BCUT2D eigenvalue weighted by Gasteiger charge is -2.12. The third-order valence-electron chi connectivity index (χ3n) is 2.58. The second kappa shape index (κ2) is 4.97. The van der Waals surface area contributed by atoms with E-state index in [4.69, 9.17) is 10.5 Å². The fourth-order valence-corrected chi connectivity index (χ4v) is 1.74. The summed E-state index contributed by atoms with van der Waals surface area (Å²) in [5, 5.41) is 2.19. The Hall–Kier alpha value is -1.57. The van der Waals surface area contributed by atoms with Crippen LogP contribution in [0.5, 0.6) is 0 Å². The predicted molar refractivity (Wildman–Crippen MR) is 59.2 cm³/mol. The molecule has 0 bridgehead atoms. The number of aromatic nitrogens is 2. The monoisotopic (exact) mass is 262 g/mol. The number of nitrogens with zero attached hydrogens (tertiary/aromatic N) is 2. The minimum absolute atomic E-state index is 0.0379. The maximum absolute atomic E-state index is 12.1. The number of halogens is 3. The molecule has 8 heteroatoms. The number of rotatable bonds is 3. The number of anilines is 2. The zero-order chi connectivity index (χ0) is 13.2. The second-order valence-electron chi connectivity index (χ2n) is 4.07. The number of nitrogen functional groups attached to an aromatic ring is 1. The first-order chi connectivity index (χ1) is 8.44. The molecular formula is C10H13F3N4O. The molecule has 1 atom stereocenters. The van der Waals surface area contributed by atoms with Crippen molar-refractivity contribution in [2.75, 3.05) is 30.8 Å². The zero-order valence-electron chi connectivity index (χ0n) is 9.50. The fourth-order valence-electron chi connectivity index (χ4n) is 1.74. The molecule has 2 rings (SSSR count). The van der Waals surface area contributed by atoms with Crippen LogP contribution in [0.1, 0.15) is 18.0 Å². The fraction of sp³-hybridized carbons (Fsp3) is 0.600. The Morgan fingerprint density at radius 2 is 2.22 bits per heavy atom. The number of nitrogens with two attached hydrogens (primary N) is 1. The molecule has 1 aliphatic heterocycles. The smallest absolute Gasteiger partial charge is 0.381 e. The van der Waals surface area contributed by atoms with Crippen molar-refractivity contribution in [3.05, 3.63) is 11.8 Å². The third kappa shape index (κ3) is 3.46. The molecular weight excluding hydrogens is 249 g/mol. The first kappa shape index (κ1) is 12.9. The molecule has 3 N–H and O–H groups in total. The van der Waals surface area contributed by atoms with Crippen molar-refractivity contribution >= 4 is 11.8 Å². The molecule has 0 aliphatic carbocycles. The normalized spacial score (nSPS) is 20.1. The number of hydrogen-bond acceptors (Lipinski definition) is 5. The number of ether oxygens (including phenoxy) is 1. The molecule has 1 aliphatic rings. The van der Waals surface area contributed by atoms with Crippen LogP contribution in [0.3, 0.4) is 0 Å². The lowest BCUT2D eigenvalue weighted by atomic mass is 10.0. The summed E-state index contributed by atoms with van der Waals surface area (Å²) in [6.45, 7) is -0.0148. The van der Waals surface area contributed by atoms with E-state index in [1.807, 2.05) is 0 Å². The van der Waals surface area contributed by atoms with Crippen LogP contribution in [0.15, 0.2) is 6.07 Å². The highest BCUT2D eigenvalue weighted by atomic mass is 19.4. The summed E-state index contributed by atoms with van der Waals surface area (Å²) < 4.78 is 41.5. The average Bonchev–Trinajstić information content (AvgIpc) is 2.78. The van der Waals surface area contributed by atoms with Crippen LogP contribution in [0, 0.1) is 0 Å². The molecule has 0 spiro atoms. The standard InChI is InChI=1S/C10H13F3N4O/c11-10(12,13)5-15-8-3-7(16-9(14)17-8)6-1-2-18-4-6/h3,6H,1-2,4-5H2,(H3,14,15,16,17)/t6-/m0/s1. The minimum atomic E-state index is -4.30. The van der Waals surface area contributed by atoms with Gasteiger partial charge >= 0.3 is 6.18 Å². The van der Waals surface area contributed by atoms with E-state index in [1.54, 1.807) is 0 Å². The predicted octanol–water partition coefficient (Wildman–Crippen LogP) is 1.54. The van der Waals surface area contributed by atoms with Gasteiger partial charge in [-0.3, -0.25) is 0 Å². The van der Waals surface area contributed by atoms with Crippen LogP contribution in [0.25, 0.3) is 0 Å². The molecule has 18 heavy (non-hydrogen) atoms. The molecule has 0 aromatic carbocycles. The molecule has 1 saturated heterocycles. The molecule has 0 amide bonds. The lowest BCUT2D eigenvalue weighted by Crippen LogP contribution is -2.22. The summed E-state index contributed by atoms with van der Waals surface area (Å²) in [6, 6.07) is 1.49. The first-order valence-electron chi connectivity index (χ1n) is 5.47. The summed E-state index contributed by atoms with van der Waals surface area (Å²) in [5.74, 6) is 0.118. The van der Waals surface area contributed by atoms with Crippen LogP contribution >= 0.6 is 0 Å². The van der Waals surface area contributed by atoms with E-state index >= 15 is 0 Å². The molecule has 5 nitrogen and oxygen atoms in total. The Morgan fingerprint density at radius 1 is 1.44 bits per heavy atom. The van der Waals surface area contributed by atoms with Gasteiger partial charge in [0.05, 0.1) is 12.3 Å². The number of alkyl halides is 3. The van der Waals surface area contributed by atoms with Crippen LogP contribution in [0.4, 0.5) is 24.9 Å². The molecule has 1 fully saturated rings. The van der Waals surface area contributed by atoms with Gasteiger partial charge in [-0.05, 0) is 6.42 Å². The van der Waals surface area contributed by atoms with Gasteiger partial charge in [-0.1, -0.05) is 0 Å². The van der Waals surface area contributed by atoms with Crippen LogP contribution < -0.4 is 11.1 Å². The highest BCUT2D eigenvalue weighted by molar-refractivity contribution is 5.41. The largest absolute Gasteiger partial charge is 0.405 e. The molecule has 1 aromatic heterocycles. The SMILES string of the molecule is Nc1nc(NCC(F)(F)F)cc([C@H]2CCOC2)n1. The summed E-state index contributed by atoms with van der Waals surface area (Å²) in [5.41, 5.74) is 6.10. The van der Waals surface area contributed by atoms with E-state index in [1.165, 1.54) is 6.07 Å². The third-order valence-corrected chi connectivity index (χ3v) is 2.58. The van der Waals surface area contributed by atoms with Crippen molar-refractivity contribution in [2.24, 2.45) is 0 Å². The molecule has 0 saturated carbocycles. The van der Waals surface area contributed by atoms with Crippen LogP contribution in [-0.2, 0) is 4.74 Å². The van der Waals surface area contributed by atoms with Crippen molar-refractivity contribution in [1.82, 2.24) is 9.97 Å². The van der Waals surface area contributed by atoms with Gasteiger partial charge in [0.25, 0.3) is 0 Å². The number of nitrogens with one attached hydrogen (secondary N) is 1. The van der Waals surface area contributed by atoms with E-state index in [9.17, 15) is 13.2 Å². The summed E-state index contributed by atoms with van der Waals surface area (Å²) in [4.78, 5) is 7.75. The van der Waals surface area contributed by atoms with Crippen molar-refractivity contribution < 1.29 is 17.9 Å². The molecule has 1 aromatic rings. The quantitative estimate of drug-likeness (QED) is 0.864. The molecule has 2 heterocycles. The molecule has 0 unspecified atom stereocenters. The number of hydrogen-bond donors (Lipinski definition) is 2. The van der Waals surface area contributed by atoms with Gasteiger partial charge in [-0.25, -0.2) is 4.98 Å². The average molecular weight is 262 g/mol. The van der Waals surface area contributed by atoms with Gasteiger partial charge < -0.3 is 15.8 Å². The van der Waals surface area contributed by atoms with Gasteiger partial charge in [0, 0.05) is 18.6 Å². The highest BCUT2D eigenvalue weighted by Gasteiger charge is 2.27. The summed E-state index contributed by atoms with van der Waals surface area (Å²) in [6.07, 6.45) is -3.51. The van der Waals surface area contributed by atoms with Gasteiger partial charge in [0.1, 0.15) is 12.4 Å². The van der Waals surface area contributed by atoms with Crippen molar-refractivity contribution in [3.8, 4) is 0 Å². The van der Waals surface area contributed by atoms with Crippen molar-refractivity contribution in [3.63, 3.8) is 0 Å². The molecule has 100 valence electrons. The summed E-state index contributed by atoms with van der Waals surface area (Å²) in [7, 11) is 0. The van der Waals surface area contributed by atoms with Gasteiger partial charge in [0.2, 0.25) is 5.95 Å². The van der Waals surface area contributed by atoms with E-state index in [2.05, 4.69) is 15.3 Å². The minimum Gasteiger partial charge on any atom is -0.381 e. The Labute approximate surface area is 102 Å². The highest BCUT2D eigenvalue weighted by Crippen LogP contribution is 2.26. The van der Waals surface area contributed by atoms with Crippen LogP contribution in [0.2, 0.25) is 0 Å². The topological polar surface area (TPSA) is 73.1 Å². The van der Waals surface area contributed by atoms with Crippen molar-refractivity contribution in [2.45, 2.75) is 18.5 Å². The Kier molecular flexibility index (Phi) is 3.55. The first-order valence-corrected chi connectivity index (χ1v) is 5.47.